The van der Waals surface area contributed by atoms with Crippen molar-refractivity contribution >= 4 is 0 Å². The van der Waals surface area contributed by atoms with Crippen LogP contribution in [-0.4, -0.2) is 0 Å². The first-order valence-electron chi connectivity index (χ1n) is 3.08. The minimum atomic E-state index is -1.14. The lowest BCUT2D eigenvalue weighted by molar-refractivity contribution is 0.414. The van der Waals surface area contributed by atoms with Crippen LogP contribution in [0.3, 0.4) is 0 Å². The minimum Gasteiger partial charge on any atom is -0.238 e. The lowest BCUT2D eigenvalue weighted by atomic mass is 10.1. The molecule has 0 saturated heterocycles. The monoisotopic (exact) mass is 135 g/mol. The highest BCUT2D eigenvalue weighted by atomic mass is 19.1. The first-order valence-corrected chi connectivity index (χ1v) is 3.08. The van der Waals surface area contributed by atoms with Gasteiger partial charge < -0.3 is 0 Å². The van der Waals surface area contributed by atoms with E-state index in [1.807, 2.05) is 6.07 Å². The molecule has 1 atom stereocenters. The second-order valence-corrected chi connectivity index (χ2v) is 2.00. The second-order valence-electron chi connectivity index (χ2n) is 2.00. The van der Waals surface area contributed by atoms with E-state index in [4.69, 9.17) is 6.58 Å². The normalized spacial score (nSPS) is 12.5. The molecule has 0 aliphatic heterocycles. The highest BCUT2D eigenvalue weighted by Gasteiger charge is 2.00. The van der Waals surface area contributed by atoms with Gasteiger partial charge in [0.25, 0.3) is 0 Å². The van der Waals surface area contributed by atoms with Crippen molar-refractivity contribution in [3.63, 3.8) is 0 Å². The predicted octanol–water partition coefficient (Wildman–Crippen LogP) is 2.69. The van der Waals surface area contributed by atoms with Crippen LogP contribution in [0, 0.1) is 6.58 Å². The fourth-order valence-corrected chi connectivity index (χ4v) is 0.748. The van der Waals surface area contributed by atoms with Crippen molar-refractivity contribution in [1.29, 1.82) is 0 Å². The molecule has 1 heteroatoms. The van der Waals surface area contributed by atoms with E-state index >= 15 is 0 Å². The van der Waals surface area contributed by atoms with Crippen LogP contribution in [0.1, 0.15) is 11.7 Å². The summed E-state index contributed by atoms with van der Waals surface area (Å²) < 4.78 is 12.7. The van der Waals surface area contributed by atoms with Crippen LogP contribution >= 0.6 is 0 Å². The molecule has 1 radical (unpaired) electrons. The van der Waals surface area contributed by atoms with Crippen molar-refractivity contribution in [2.75, 3.05) is 0 Å². The van der Waals surface area contributed by atoms with Crippen LogP contribution in [-0.2, 0) is 0 Å². The highest BCUT2D eigenvalue weighted by Crippen LogP contribution is 2.16. The average Bonchev–Trinajstić information content (AvgIpc) is 2.05. The Kier molecular flexibility index (Phi) is 2.21. The Labute approximate surface area is 60.0 Å². The first kappa shape index (κ1) is 7.00. The van der Waals surface area contributed by atoms with Gasteiger partial charge in [0, 0.05) is 0 Å². The van der Waals surface area contributed by atoms with E-state index in [2.05, 4.69) is 0 Å². The van der Waals surface area contributed by atoms with Crippen LogP contribution < -0.4 is 0 Å². The molecule has 1 rings (SSSR count). The van der Waals surface area contributed by atoms with Crippen LogP contribution in [0.5, 0.6) is 0 Å². The van der Waals surface area contributed by atoms with Gasteiger partial charge in [0.15, 0.2) is 0 Å². The van der Waals surface area contributed by atoms with Gasteiger partial charge in [-0.05, 0) is 11.6 Å². The molecule has 0 bridgehead atoms. The van der Waals surface area contributed by atoms with Gasteiger partial charge in [-0.25, -0.2) is 4.39 Å². The molecule has 0 aliphatic carbocycles. The van der Waals surface area contributed by atoms with Gasteiger partial charge in [-0.2, -0.15) is 0 Å². The van der Waals surface area contributed by atoms with Gasteiger partial charge in [0.05, 0.1) is 0 Å². The maximum atomic E-state index is 12.7. The lowest BCUT2D eigenvalue weighted by Gasteiger charge is -1.99. The third-order valence-electron chi connectivity index (χ3n) is 1.29. The van der Waals surface area contributed by atoms with Crippen molar-refractivity contribution in [3.8, 4) is 0 Å². The second kappa shape index (κ2) is 3.16. The number of hydrogen-bond donors (Lipinski definition) is 0. The summed E-state index contributed by atoms with van der Waals surface area (Å²) in [5, 5.41) is 0. The highest BCUT2D eigenvalue weighted by molar-refractivity contribution is 5.19. The van der Waals surface area contributed by atoms with Crippen LogP contribution in [0.4, 0.5) is 4.39 Å². The average molecular weight is 135 g/mol. The predicted molar refractivity (Wildman–Crippen MR) is 39.2 cm³/mol. The molecule has 51 valence electrons. The van der Waals surface area contributed by atoms with Crippen molar-refractivity contribution < 1.29 is 4.39 Å². The summed E-state index contributed by atoms with van der Waals surface area (Å²) in [6, 6.07) is 8.81. The van der Waals surface area contributed by atoms with Crippen molar-refractivity contribution in [2.24, 2.45) is 0 Å². The molecule has 0 fully saturated rings. The number of allylic oxidation sites excluding steroid dienone is 1. The van der Waals surface area contributed by atoms with Crippen LogP contribution in [0.15, 0.2) is 36.4 Å². The van der Waals surface area contributed by atoms with E-state index < -0.39 is 6.17 Å². The summed E-state index contributed by atoms with van der Waals surface area (Å²) in [6.45, 7) is 5.00. The van der Waals surface area contributed by atoms with E-state index in [-0.39, 0.29) is 0 Å². The van der Waals surface area contributed by atoms with Crippen molar-refractivity contribution in [3.05, 3.63) is 48.6 Å². The Hall–Kier alpha value is -1.11. The molecule has 1 aromatic rings. The van der Waals surface area contributed by atoms with Crippen LogP contribution in [0.25, 0.3) is 0 Å². The molecule has 0 saturated carbocycles. The van der Waals surface area contributed by atoms with Gasteiger partial charge in [-0.15, -0.1) is 0 Å². The van der Waals surface area contributed by atoms with E-state index in [1.54, 1.807) is 24.3 Å². The van der Waals surface area contributed by atoms with Gasteiger partial charge in [0.1, 0.15) is 6.17 Å². The number of halogens is 1. The molecule has 1 unspecified atom stereocenters. The topological polar surface area (TPSA) is 0 Å². The maximum absolute atomic E-state index is 12.7. The number of benzene rings is 1. The fourth-order valence-electron chi connectivity index (χ4n) is 0.748. The molecular weight excluding hydrogens is 127 g/mol. The summed E-state index contributed by atoms with van der Waals surface area (Å²) in [7, 11) is 0. The Bertz CT molecular complexity index is 203. The summed E-state index contributed by atoms with van der Waals surface area (Å²) in [5.41, 5.74) is 0.602. The van der Waals surface area contributed by atoms with Crippen LogP contribution in [0.2, 0.25) is 0 Å². The quantitative estimate of drug-likeness (QED) is 0.584. The maximum Gasteiger partial charge on any atom is 0.144 e. The standard InChI is InChI=1S/C9H8F/c1-2-9(10)8-6-4-3-5-7-8/h1-7,9H. The molecule has 0 amide bonds. The summed E-state index contributed by atoms with van der Waals surface area (Å²) in [6.07, 6.45) is -0.101. The van der Waals surface area contributed by atoms with E-state index in [0.717, 1.165) is 6.08 Å². The molecule has 0 N–H and O–H groups in total. The molecule has 0 spiro atoms. The summed E-state index contributed by atoms with van der Waals surface area (Å²) in [4.78, 5) is 0. The fraction of sp³-hybridized carbons (Fsp3) is 0.111. The summed E-state index contributed by atoms with van der Waals surface area (Å²) >= 11 is 0. The number of hydrogen-bond acceptors (Lipinski definition) is 0. The largest absolute Gasteiger partial charge is 0.238 e. The SMILES string of the molecule is [CH]=CC(F)c1ccccc1. The molecule has 0 nitrogen and oxygen atoms in total. The smallest absolute Gasteiger partial charge is 0.144 e. The zero-order valence-corrected chi connectivity index (χ0v) is 5.50. The molecule has 0 heterocycles. The Morgan fingerprint density at radius 3 is 2.40 bits per heavy atom. The Morgan fingerprint density at radius 1 is 1.30 bits per heavy atom. The van der Waals surface area contributed by atoms with E-state index in [1.165, 1.54) is 0 Å². The zero-order chi connectivity index (χ0) is 7.40. The van der Waals surface area contributed by atoms with Gasteiger partial charge in [-0.3, -0.25) is 0 Å². The molecule has 0 aliphatic rings. The van der Waals surface area contributed by atoms with Gasteiger partial charge in [0.2, 0.25) is 0 Å². The summed E-state index contributed by atoms with van der Waals surface area (Å²) in [5.74, 6) is 0. The minimum absolute atomic E-state index is 0.602. The van der Waals surface area contributed by atoms with Crippen molar-refractivity contribution in [2.45, 2.75) is 6.17 Å². The lowest BCUT2D eigenvalue weighted by Crippen LogP contribution is -1.83. The Morgan fingerprint density at radius 2 is 1.90 bits per heavy atom. The third-order valence-corrected chi connectivity index (χ3v) is 1.29. The molecular formula is C9H8F. The van der Waals surface area contributed by atoms with Crippen molar-refractivity contribution in [1.82, 2.24) is 0 Å². The van der Waals surface area contributed by atoms with E-state index in [9.17, 15) is 4.39 Å². The zero-order valence-electron chi connectivity index (χ0n) is 5.50. The van der Waals surface area contributed by atoms with Gasteiger partial charge >= 0.3 is 0 Å². The van der Waals surface area contributed by atoms with Gasteiger partial charge in [-0.1, -0.05) is 36.9 Å². The Balaban J connectivity index is 2.84. The molecule has 1 aromatic carbocycles. The molecule has 10 heavy (non-hydrogen) atoms. The molecule has 0 aromatic heterocycles. The third kappa shape index (κ3) is 1.44. The first-order chi connectivity index (χ1) is 4.84. The number of rotatable bonds is 2. The number of alkyl halides is 1. The van der Waals surface area contributed by atoms with E-state index in [0.29, 0.717) is 5.56 Å².